The highest BCUT2D eigenvalue weighted by molar-refractivity contribution is 6.32. The van der Waals surface area contributed by atoms with Crippen molar-refractivity contribution < 1.29 is 14.6 Å². The summed E-state index contributed by atoms with van der Waals surface area (Å²) in [5.74, 6) is 0.0482. The third-order valence-corrected chi connectivity index (χ3v) is 7.09. The van der Waals surface area contributed by atoms with Gasteiger partial charge in [-0.2, -0.15) is 0 Å². The first-order valence-electron chi connectivity index (χ1n) is 11.6. The number of aromatic nitrogens is 2. The van der Waals surface area contributed by atoms with Gasteiger partial charge in [0.25, 0.3) is 0 Å². The number of rotatable bonds is 9. The largest absolute Gasteiger partial charge is 0.494 e. The van der Waals surface area contributed by atoms with Gasteiger partial charge in [0, 0.05) is 47.1 Å². The van der Waals surface area contributed by atoms with Crippen molar-refractivity contribution in [2.45, 2.75) is 46.6 Å². The predicted molar refractivity (Wildman–Crippen MR) is 138 cm³/mol. The Bertz CT molecular complexity index is 1330. The Morgan fingerprint density at radius 3 is 2.47 bits per heavy atom. The fraction of sp³-hybridized carbons (Fsp3) is 0.321. The van der Waals surface area contributed by atoms with Gasteiger partial charge in [0.1, 0.15) is 5.75 Å². The van der Waals surface area contributed by atoms with Gasteiger partial charge >= 0.3 is 5.97 Å². The third-order valence-electron chi connectivity index (χ3n) is 6.49. The summed E-state index contributed by atoms with van der Waals surface area (Å²) in [7, 11) is 2.03. The third kappa shape index (κ3) is 4.71. The lowest BCUT2D eigenvalue weighted by atomic mass is 10.0. The minimum Gasteiger partial charge on any atom is -0.494 e. The first kappa shape index (κ1) is 24.0. The number of hydrogen-bond acceptors (Lipinski definition) is 2. The summed E-state index contributed by atoms with van der Waals surface area (Å²) in [6, 6.07) is 14.4. The molecular weight excluding hydrogens is 448 g/mol. The van der Waals surface area contributed by atoms with Gasteiger partial charge in [-0.3, -0.25) is 4.79 Å². The van der Waals surface area contributed by atoms with E-state index in [9.17, 15) is 9.90 Å². The summed E-state index contributed by atoms with van der Waals surface area (Å²) in [4.78, 5) is 11.4. The lowest BCUT2D eigenvalue weighted by Crippen LogP contribution is -2.07. The summed E-state index contributed by atoms with van der Waals surface area (Å²) in [5.41, 5.74) is 7.74. The molecule has 0 bridgehead atoms. The van der Waals surface area contributed by atoms with Crippen molar-refractivity contribution in [1.82, 2.24) is 9.13 Å². The fourth-order valence-electron chi connectivity index (χ4n) is 4.78. The lowest BCUT2D eigenvalue weighted by molar-refractivity contribution is -0.137. The van der Waals surface area contributed by atoms with Crippen LogP contribution >= 0.6 is 11.6 Å². The lowest BCUT2D eigenvalue weighted by Gasteiger charge is -2.11. The number of para-hydroxylation sites is 1. The van der Waals surface area contributed by atoms with E-state index in [4.69, 9.17) is 16.3 Å². The van der Waals surface area contributed by atoms with Crippen LogP contribution in [-0.2, 0) is 24.8 Å². The average molecular weight is 479 g/mol. The molecule has 6 heteroatoms. The van der Waals surface area contributed by atoms with Gasteiger partial charge in [-0.15, -0.1) is 0 Å². The molecule has 0 saturated carbocycles. The summed E-state index contributed by atoms with van der Waals surface area (Å²) in [5, 5.41) is 11.3. The highest BCUT2D eigenvalue weighted by Gasteiger charge is 2.19. The van der Waals surface area contributed by atoms with Crippen molar-refractivity contribution in [3.05, 3.63) is 76.1 Å². The molecule has 0 atom stereocenters. The number of benzene rings is 2. The molecule has 1 N–H and O–H groups in total. The van der Waals surface area contributed by atoms with Gasteiger partial charge in [-0.25, -0.2) is 0 Å². The standard InChI is InChI=1S/C28H31ClN2O3/c1-18-16-21(17-19(2)27(18)29)34-15-7-10-22-20(3)31(14-12-26(32)33)28-23(22)8-5-9-24(28)25-11-6-13-30(25)4/h5-6,8-9,11,13,16-17H,7,10,12,14-15H2,1-4H3,(H,32,33). The molecule has 4 aromatic rings. The summed E-state index contributed by atoms with van der Waals surface area (Å²) >= 11 is 6.27. The first-order chi connectivity index (χ1) is 16.3. The van der Waals surface area contributed by atoms with Crippen molar-refractivity contribution in [1.29, 1.82) is 0 Å². The van der Waals surface area contributed by atoms with Gasteiger partial charge < -0.3 is 19.0 Å². The molecule has 0 amide bonds. The number of hydrogen-bond donors (Lipinski definition) is 1. The van der Waals surface area contributed by atoms with Crippen molar-refractivity contribution in [2.24, 2.45) is 7.05 Å². The summed E-state index contributed by atoms with van der Waals surface area (Å²) in [6.07, 6.45) is 3.83. The number of fused-ring (bicyclic) bond motifs is 1. The molecule has 0 saturated heterocycles. The summed E-state index contributed by atoms with van der Waals surface area (Å²) < 4.78 is 10.3. The van der Waals surface area contributed by atoms with E-state index >= 15 is 0 Å². The van der Waals surface area contributed by atoms with Crippen LogP contribution in [0.1, 0.15) is 35.2 Å². The SMILES string of the molecule is Cc1cc(OCCCc2c(C)n(CCC(=O)O)c3c(-c4cccn4C)cccc23)cc(C)c1Cl. The molecule has 4 rings (SSSR count). The molecule has 2 aromatic heterocycles. The predicted octanol–water partition coefficient (Wildman–Crippen LogP) is 6.71. The molecular formula is C28H31ClN2O3. The summed E-state index contributed by atoms with van der Waals surface area (Å²) in [6.45, 7) is 7.11. The van der Waals surface area contributed by atoms with Crippen LogP contribution in [0.2, 0.25) is 5.02 Å². The van der Waals surface area contributed by atoms with E-state index in [0.29, 0.717) is 13.2 Å². The zero-order valence-electron chi connectivity index (χ0n) is 20.2. The van der Waals surface area contributed by atoms with E-state index in [-0.39, 0.29) is 6.42 Å². The number of carboxylic acid groups (broad SMARTS) is 1. The maximum atomic E-state index is 11.4. The smallest absolute Gasteiger partial charge is 0.305 e. The molecule has 2 heterocycles. The monoisotopic (exact) mass is 478 g/mol. The topological polar surface area (TPSA) is 56.4 Å². The molecule has 0 spiro atoms. The van der Waals surface area contributed by atoms with E-state index in [2.05, 4.69) is 40.3 Å². The Balaban J connectivity index is 1.63. The van der Waals surface area contributed by atoms with Gasteiger partial charge in [0.2, 0.25) is 0 Å². The zero-order valence-corrected chi connectivity index (χ0v) is 20.9. The van der Waals surface area contributed by atoms with Gasteiger partial charge in [0.15, 0.2) is 0 Å². The fourth-order valence-corrected chi connectivity index (χ4v) is 4.89. The molecule has 5 nitrogen and oxygen atoms in total. The average Bonchev–Trinajstić information content (AvgIpc) is 3.34. The first-order valence-corrected chi connectivity index (χ1v) is 12.0. The van der Waals surface area contributed by atoms with Crippen LogP contribution in [0, 0.1) is 20.8 Å². The van der Waals surface area contributed by atoms with E-state index in [1.54, 1.807) is 0 Å². The minimum atomic E-state index is -0.791. The van der Waals surface area contributed by atoms with Crippen LogP contribution in [0.15, 0.2) is 48.7 Å². The Kier molecular flexibility index (Phi) is 7.03. The molecule has 0 aliphatic heterocycles. The quantitative estimate of drug-likeness (QED) is 0.272. The number of aliphatic carboxylic acids is 1. The number of ether oxygens (including phenoxy) is 1. The number of halogens is 1. The van der Waals surface area contributed by atoms with E-state index < -0.39 is 5.97 Å². The molecule has 0 aliphatic carbocycles. The normalized spacial score (nSPS) is 11.3. The molecule has 0 fully saturated rings. The second-order valence-corrected chi connectivity index (χ2v) is 9.27. The van der Waals surface area contributed by atoms with Crippen LogP contribution < -0.4 is 4.74 Å². The highest BCUT2D eigenvalue weighted by atomic mass is 35.5. The maximum absolute atomic E-state index is 11.4. The Morgan fingerprint density at radius 2 is 1.82 bits per heavy atom. The second kappa shape index (κ2) is 9.98. The Labute approximate surface area is 205 Å². The van der Waals surface area contributed by atoms with Crippen molar-refractivity contribution >= 4 is 28.5 Å². The number of nitrogens with zero attached hydrogens (tertiary/aromatic N) is 2. The second-order valence-electron chi connectivity index (χ2n) is 8.89. The van der Waals surface area contributed by atoms with Crippen LogP contribution in [0.3, 0.4) is 0 Å². The Hall–Kier alpha value is -3.18. The van der Waals surface area contributed by atoms with Gasteiger partial charge in [-0.1, -0.05) is 29.8 Å². The minimum absolute atomic E-state index is 0.0872. The molecule has 178 valence electrons. The van der Waals surface area contributed by atoms with Gasteiger partial charge in [0.05, 0.1) is 18.5 Å². The molecule has 0 aliphatic rings. The van der Waals surface area contributed by atoms with Crippen LogP contribution in [0.4, 0.5) is 0 Å². The molecule has 2 aromatic carbocycles. The molecule has 34 heavy (non-hydrogen) atoms. The van der Waals surface area contributed by atoms with Crippen LogP contribution in [0.5, 0.6) is 5.75 Å². The van der Waals surface area contributed by atoms with Crippen molar-refractivity contribution in [2.75, 3.05) is 6.61 Å². The number of carbonyl (C=O) groups is 1. The van der Waals surface area contributed by atoms with Crippen molar-refractivity contribution in [3.63, 3.8) is 0 Å². The number of carboxylic acids is 1. The highest BCUT2D eigenvalue weighted by Crippen LogP contribution is 2.35. The number of aryl methyl sites for hydroxylation is 5. The molecule has 0 unspecified atom stereocenters. The molecule has 0 radical (unpaired) electrons. The Morgan fingerprint density at radius 1 is 1.09 bits per heavy atom. The van der Waals surface area contributed by atoms with Crippen LogP contribution in [-0.4, -0.2) is 26.8 Å². The maximum Gasteiger partial charge on any atom is 0.305 e. The zero-order chi connectivity index (χ0) is 24.4. The van der Waals surface area contributed by atoms with E-state index in [1.165, 1.54) is 10.9 Å². The van der Waals surface area contributed by atoms with Crippen LogP contribution in [0.25, 0.3) is 22.2 Å². The van der Waals surface area contributed by atoms with E-state index in [1.807, 2.05) is 45.3 Å². The van der Waals surface area contributed by atoms with E-state index in [0.717, 1.165) is 57.2 Å². The van der Waals surface area contributed by atoms with Gasteiger partial charge in [-0.05, 0) is 74.6 Å². The van der Waals surface area contributed by atoms with Crippen molar-refractivity contribution in [3.8, 4) is 17.0 Å².